The van der Waals surface area contributed by atoms with Crippen LogP contribution in [0.4, 0.5) is 0 Å². The Morgan fingerprint density at radius 1 is 1.22 bits per heavy atom. The fourth-order valence-electron chi connectivity index (χ4n) is 3.89. The number of hydrogen-bond acceptors (Lipinski definition) is 4. The minimum absolute atomic E-state index is 0.105. The van der Waals surface area contributed by atoms with Crippen LogP contribution in [0, 0.1) is 12.8 Å². The van der Waals surface area contributed by atoms with Crippen LogP contribution in [0.2, 0.25) is 0 Å². The van der Waals surface area contributed by atoms with Crippen molar-refractivity contribution in [2.24, 2.45) is 5.92 Å². The van der Waals surface area contributed by atoms with E-state index in [0.29, 0.717) is 18.7 Å². The molecule has 2 fully saturated rings. The first-order chi connectivity index (χ1) is 12.8. The lowest BCUT2D eigenvalue weighted by Gasteiger charge is -2.36. The zero-order valence-corrected chi connectivity index (χ0v) is 17.2. The van der Waals surface area contributed by atoms with Crippen molar-refractivity contribution in [3.8, 4) is 5.75 Å². The van der Waals surface area contributed by atoms with Crippen LogP contribution in [0.25, 0.3) is 0 Å². The van der Waals surface area contributed by atoms with E-state index in [4.69, 9.17) is 4.74 Å². The fourth-order valence-corrected chi connectivity index (χ4v) is 5.50. The number of sulfonamides is 1. The summed E-state index contributed by atoms with van der Waals surface area (Å²) in [4.78, 5) is 16.5. The number of likely N-dealkylation sites (N-methyl/N-ethyl adjacent to an activating group) is 1. The number of piperazine rings is 1. The first-order valence-electron chi connectivity index (χ1n) is 9.58. The van der Waals surface area contributed by atoms with Crippen LogP contribution in [-0.4, -0.2) is 77.0 Å². The third kappa shape index (κ3) is 4.28. The minimum atomic E-state index is -3.61. The quantitative estimate of drug-likeness (QED) is 0.763. The average Bonchev–Trinajstić information content (AvgIpc) is 2.68. The van der Waals surface area contributed by atoms with E-state index in [1.54, 1.807) is 25.3 Å². The number of aryl methyl sites for hydroxylation is 1. The van der Waals surface area contributed by atoms with Gasteiger partial charge in [0, 0.05) is 13.1 Å². The molecule has 0 aromatic heterocycles. The summed E-state index contributed by atoms with van der Waals surface area (Å²) < 4.78 is 32.9. The molecular formula is C19H30N3O4S+. The number of ether oxygens (including phenoxy) is 1. The van der Waals surface area contributed by atoms with Gasteiger partial charge in [0.05, 0.1) is 51.1 Å². The molecule has 1 aromatic rings. The summed E-state index contributed by atoms with van der Waals surface area (Å²) in [6.07, 6.45) is 1.47. The number of quaternary nitrogens is 1. The van der Waals surface area contributed by atoms with E-state index in [1.807, 2.05) is 11.8 Å². The highest BCUT2D eigenvalue weighted by Gasteiger charge is 2.36. The van der Waals surface area contributed by atoms with Crippen LogP contribution in [0.1, 0.15) is 18.4 Å². The van der Waals surface area contributed by atoms with Crippen LogP contribution in [-0.2, 0) is 14.8 Å². The molecule has 1 atom stereocenters. The van der Waals surface area contributed by atoms with Gasteiger partial charge >= 0.3 is 0 Å². The fraction of sp³-hybridized carbons (Fsp3) is 0.632. The Bertz CT molecular complexity index is 788. The lowest BCUT2D eigenvalue weighted by atomic mass is 9.98. The second kappa shape index (κ2) is 8.16. The third-order valence-corrected chi connectivity index (χ3v) is 7.53. The molecular weight excluding hydrogens is 366 g/mol. The van der Waals surface area contributed by atoms with E-state index in [1.165, 1.54) is 9.21 Å². The highest BCUT2D eigenvalue weighted by atomic mass is 32.2. The van der Waals surface area contributed by atoms with Gasteiger partial charge in [0.1, 0.15) is 5.75 Å². The molecule has 1 amide bonds. The van der Waals surface area contributed by atoms with Crippen LogP contribution in [0.5, 0.6) is 5.75 Å². The van der Waals surface area contributed by atoms with Gasteiger partial charge in [0.25, 0.3) is 0 Å². The second-order valence-corrected chi connectivity index (χ2v) is 9.55. The van der Waals surface area contributed by atoms with Crippen molar-refractivity contribution in [2.75, 3.05) is 53.4 Å². The maximum Gasteiger partial charge on any atom is 0.243 e. The predicted molar refractivity (Wildman–Crippen MR) is 102 cm³/mol. The van der Waals surface area contributed by atoms with Gasteiger partial charge in [-0.3, -0.25) is 4.79 Å². The number of hydrogen-bond donors (Lipinski definition) is 1. The molecule has 0 radical (unpaired) electrons. The van der Waals surface area contributed by atoms with Crippen molar-refractivity contribution in [1.29, 1.82) is 0 Å². The maximum absolute atomic E-state index is 13.1. The summed E-state index contributed by atoms with van der Waals surface area (Å²) in [7, 11) is 0.0867. The maximum atomic E-state index is 13.1. The molecule has 0 unspecified atom stereocenters. The number of piperidine rings is 1. The number of carbonyl (C=O) groups excluding carboxylic acids is 1. The first kappa shape index (κ1) is 20.1. The first-order valence-corrected chi connectivity index (χ1v) is 11.0. The Morgan fingerprint density at radius 2 is 1.93 bits per heavy atom. The van der Waals surface area contributed by atoms with Gasteiger partial charge in [-0.1, -0.05) is 0 Å². The van der Waals surface area contributed by atoms with Crippen LogP contribution >= 0.6 is 0 Å². The Hall–Kier alpha value is -1.64. The average molecular weight is 397 g/mol. The second-order valence-electron chi connectivity index (χ2n) is 7.62. The largest absolute Gasteiger partial charge is 0.496 e. The summed E-state index contributed by atoms with van der Waals surface area (Å²) in [6, 6.07) is 4.90. The van der Waals surface area contributed by atoms with Gasteiger partial charge in [0.15, 0.2) is 0 Å². The normalized spacial score (nSPS) is 22.6. The highest BCUT2D eigenvalue weighted by Crippen LogP contribution is 2.28. The molecule has 7 nitrogen and oxygen atoms in total. The van der Waals surface area contributed by atoms with Gasteiger partial charge in [-0.25, -0.2) is 8.42 Å². The Kier molecular flexibility index (Phi) is 6.08. The van der Waals surface area contributed by atoms with E-state index in [9.17, 15) is 13.2 Å². The highest BCUT2D eigenvalue weighted by molar-refractivity contribution is 7.89. The molecule has 0 spiro atoms. The number of rotatable bonds is 4. The van der Waals surface area contributed by atoms with Gasteiger partial charge in [-0.05, 0) is 43.5 Å². The molecule has 0 saturated carbocycles. The summed E-state index contributed by atoms with van der Waals surface area (Å²) in [5.74, 6) is 0.525. The summed E-state index contributed by atoms with van der Waals surface area (Å²) >= 11 is 0. The summed E-state index contributed by atoms with van der Waals surface area (Å²) in [5, 5.41) is 0. The monoisotopic (exact) mass is 396 g/mol. The molecule has 1 N–H and O–H groups in total. The Morgan fingerprint density at radius 3 is 2.56 bits per heavy atom. The molecule has 0 aliphatic carbocycles. The zero-order valence-electron chi connectivity index (χ0n) is 16.4. The van der Waals surface area contributed by atoms with E-state index < -0.39 is 10.0 Å². The molecule has 2 aliphatic rings. The van der Waals surface area contributed by atoms with Crippen molar-refractivity contribution in [2.45, 2.75) is 24.7 Å². The molecule has 0 bridgehead atoms. The lowest BCUT2D eigenvalue weighted by molar-refractivity contribution is -0.883. The van der Waals surface area contributed by atoms with Crippen LogP contribution in [0.3, 0.4) is 0 Å². The molecule has 8 heteroatoms. The number of amides is 1. The molecule has 3 rings (SSSR count). The van der Waals surface area contributed by atoms with Gasteiger partial charge < -0.3 is 14.5 Å². The molecule has 150 valence electrons. The molecule has 27 heavy (non-hydrogen) atoms. The smallest absolute Gasteiger partial charge is 0.243 e. The van der Waals surface area contributed by atoms with Gasteiger partial charge in [0.2, 0.25) is 15.9 Å². The van der Waals surface area contributed by atoms with Crippen LogP contribution in [0.15, 0.2) is 23.1 Å². The lowest BCUT2D eigenvalue weighted by Crippen LogP contribution is -3.12. The Balaban J connectivity index is 1.73. The summed E-state index contributed by atoms with van der Waals surface area (Å²) in [5.41, 5.74) is 0.781. The van der Waals surface area contributed by atoms with E-state index in [2.05, 4.69) is 7.05 Å². The number of benzene rings is 1. The van der Waals surface area contributed by atoms with Crippen LogP contribution < -0.4 is 9.64 Å². The van der Waals surface area contributed by atoms with Gasteiger partial charge in [-0.15, -0.1) is 0 Å². The third-order valence-electron chi connectivity index (χ3n) is 5.67. The topological polar surface area (TPSA) is 71.4 Å². The summed E-state index contributed by atoms with van der Waals surface area (Å²) in [6.45, 7) is 5.97. The number of carbonyl (C=O) groups is 1. The van der Waals surface area contributed by atoms with Crippen molar-refractivity contribution in [3.05, 3.63) is 23.8 Å². The van der Waals surface area contributed by atoms with E-state index in [-0.39, 0.29) is 23.3 Å². The standard InChI is InChI=1S/C19H29N3O4S/c1-15-13-17(6-7-18(15)26-3)27(24,25)22-8-4-5-16(14-22)19(23)21-11-9-20(2)10-12-21/h6-7,13,16H,4-5,8-12,14H2,1-3H3/p+1/t16-/m0/s1. The Labute approximate surface area is 161 Å². The molecule has 2 aliphatic heterocycles. The SMILES string of the molecule is COc1ccc(S(=O)(=O)N2CCC[C@H](C(=O)N3CC[NH+](C)CC3)C2)cc1C. The van der Waals surface area contributed by atoms with E-state index in [0.717, 1.165) is 38.2 Å². The number of nitrogens with zero attached hydrogens (tertiary/aromatic N) is 2. The minimum Gasteiger partial charge on any atom is -0.496 e. The molecule has 1 aromatic carbocycles. The number of methoxy groups -OCH3 is 1. The van der Waals surface area contributed by atoms with Gasteiger partial charge in [-0.2, -0.15) is 4.31 Å². The molecule has 2 saturated heterocycles. The van der Waals surface area contributed by atoms with Crippen molar-refractivity contribution >= 4 is 15.9 Å². The van der Waals surface area contributed by atoms with E-state index >= 15 is 0 Å². The zero-order chi connectivity index (χ0) is 19.6. The number of nitrogens with one attached hydrogen (secondary N) is 1. The van der Waals surface area contributed by atoms with Crippen molar-refractivity contribution in [3.63, 3.8) is 0 Å². The molecule has 2 heterocycles. The van der Waals surface area contributed by atoms with Crippen molar-refractivity contribution in [1.82, 2.24) is 9.21 Å². The van der Waals surface area contributed by atoms with Crippen molar-refractivity contribution < 1.29 is 22.8 Å². The predicted octanol–water partition coefficient (Wildman–Crippen LogP) is -0.239.